The van der Waals surface area contributed by atoms with E-state index in [1.54, 1.807) is 0 Å². The van der Waals surface area contributed by atoms with Crippen LogP contribution < -0.4 is 15.5 Å². The van der Waals surface area contributed by atoms with Gasteiger partial charge in [-0.05, 0) is 30.3 Å². The fourth-order valence-electron chi connectivity index (χ4n) is 3.55. The Kier molecular flexibility index (Phi) is 6.04. The van der Waals surface area contributed by atoms with Crippen molar-refractivity contribution >= 4 is 28.5 Å². The van der Waals surface area contributed by atoms with E-state index in [4.69, 9.17) is 0 Å². The molecule has 1 aliphatic rings. The maximum Gasteiger partial charge on any atom is 0.193 e. The topological polar surface area (TPSA) is 68.7 Å². The van der Waals surface area contributed by atoms with Crippen LogP contribution >= 0.6 is 0 Å². The highest BCUT2D eigenvalue weighted by molar-refractivity contribution is 5.81. The Bertz CT molecular complexity index is 950. The monoisotopic (exact) mass is 389 g/mol. The van der Waals surface area contributed by atoms with Gasteiger partial charge in [0.1, 0.15) is 11.6 Å². The number of pyridine rings is 2. The lowest BCUT2D eigenvalue weighted by molar-refractivity contribution is 0.372. The van der Waals surface area contributed by atoms with Crippen molar-refractivity contribution in [3.8, 4) is 0 Å². The van der Waals surface area contributed by atoms with E-state index in [1.165, 1.54) is 0 Å². The standard InChI is InChI=1S/C22H27N7/c1-23-22(29-16-14-28(15-17-29)21-8-4-5-11-25-21)26-13-12-24-20-10-9-18-6-2-3-7-19(18)27-20/h2-11H,12-17H2,1H3,(H,23,26)(H,24,27). The summed E-state index contributed by atoms with van der Waals surface area (Å²) in [7, 11) is 1.84. The zero-order chi connectivity index (χ0) is 19.9. The van der Waals surface area contributed by atoms with Crippen molar-refractivity contribution in [3.63, 3.8) is 0 Å². The van der Waals surface area contributed by atoms with Gasteiger partial charge < -0.3 is 20.4 Å². The molecular weight excluding hydrogens is 362 g/mol. The second kappa shape index (κ2) is 9.23. The fourth-order valence-corrected chi connectivity index (χ4v) is 3.55. The molecule has 0 atom stereocenters. The van der Waals surface area contributed by atoms with Crippen LogP contribution in [0.3, 0.4) is 0 Å². The predicted octanol–water partition coefficient (Wildman–Crippen LogP) is 2.44. The van der Waals surface area contributed by atoms with Gasteiger partial charge in [-0.1, -0.05) is 24.3 Å². The molecule has 1 saturated heterocycles. The SMILES string of the molecule is CN=C(NCCNc1ccc2ccccc2n1)N1CCN(c2ccccn2)CC1. The van der Waals surface area contributed by atoms with E-state index in [-0.39, 0.29) is 0 Å². The molecule has 0 spiro atoms. The summed E-state index contributed by atoms with van der Waals surface area (Å²) < 4.78 is 0. The molecule has 0 saturated carbocycles. The van der Waals surface area contributed by atoms with E-state index < -0.39 is 0 Å². The quantitative estimate of drug-likeness (QED) is 0.397. The van der Waals surface area contributed by atoms with Gasteiger partial charge in [0.2, 0.25) is 0 Å². The summed E-state index contributed by atoms with van der Waals surface area (Å²) in [6.07, 6.45) is 1.85. The summed E-state index contributed by atoms with van der Waals surface area (Å²) >= 11 is 0. The van der Waals surface area contributed by atoms with Crippen LogP contribution in [-0.4, -0.2) is 67.1 Å². The molecule has 0 aliphatic carbocycles. The minimum Gasteiger partial charge on any atom is -0.368 e. The Morgan fingerprint density at radius 2 is 1.79 bits per heavy atom. The normalized spacial score (nSPS) is 14.9. The van der Waals surface area contributed by atoms with Crippen LogP contribution in [0.25, 0.3) is 10.9 Å². The smallest absolute Gasteiger partial charge is 0.193 e. The molecule has 0 unspecified atom stereocenters. The van der Waals surface area contributed by atoms with Gasteiger partial charge >= 0.3 is 0 Å². The largest absolute Gasteiger partial charge is 0.368 e. The molecular formula is C22H27N7. The number of benzene rings is 1. The van der Waals surface area contributed by atoms with E-state index in [9.17, 15) is 0 Å². The second-order valence-electron chi connectivity index (χ2n) is 6.95. The molecule has 2 aromatic heterocycles. The number of guanidine groups is 1. The summed E-state index contributed by atoms with van der Waals surface area (Å²) in [5.74, 6) is 2.88. The number of rotatable bonds is 5. The van der Waals surface area contributed by atoms with Gasteiger partial charge in [0, 0.05) is 57.9 Å². The van der Waals surface area contributed by atoms with Crippen molar-refractivity contribution < 1.29 is 0 Å². The Morgan fingerprint density at radius 3 is 2.59 bits per heavy atom. The van der Waals surface area contributed by atoms with Crippen LogP contribution in [0.2, 0.25) is 0 Å². The highest BCUT2D eigenvalue weighted by atomic mass is 15.4. The summed E-state index contributed by atoms with van der Waals surface area (Å²) in [4.78, 5) is 18.2. The third-order valence-electron chi connectivity index (χ3n) is 5.08. The van der Waals surface area contributed by atoms with Gasteiger partial charge in [-0.15, -0.1) is 0 Å². The predicted molar refractivity (Wildman–Crippen MR) is 120 cm³/mol. The number of aromatic nitrogens is 2. The average molecular weight is 390 g/mol. The number of piperazine rings is 1. The maximum atomic E-state index is 4.65. The lowest BCUT2D eigenvalue weighted by atomic mass is 10.2. The van der Waals surface area contributed by atoms with Gasteiger partial charge in [-0.25, -0.2) is 9.97 Å². The zero-order valence-electron chi connectivity index (χ0n) is 16.8. The molecule has 150 valence electrons. The molecule has 3 aromatic rings. The number of para-hydroxylation sites is 1. The van der Waals surface area contributed by atoms with Gasteiger partial charge in [-0.3, -0.25) is 4.99 Å². The number of fused-ring (bicyclic) bond motifs is 1. The van der Waals surface area contributed by atoms with E-state index >= 15 is 0 Å². The molecule has 7 nitrogen and oxygen atoms in total. The molecule has 4 rings (SSSR count). The zero-order valence-corrected chi connectivity index (χ0v) is 16.8. The first-order valence-corrected chi connectivity index (χ1v) is 10.0. The molecule has 29 heavy (non-hydrogen) atoms. The van der Waals surface area contributed by atoms with Gasteiger partial charge in [0.25, 0.3) is 0 Å². The van der Waals surface area contributed by atoms with Crippen molar-refractivity contribution in [1.82, 2.24) is 20.2 Å². The minimum absolute atomic E-state index is 0.776. The minimum atomic E-state index is 0.776. The molecule has 3 heterocycles. The van der Waals surface area contributed by atoms with Crippen LogP contribution in [0, 0.1) is 0 Å². The van der Waals surface area contributed by atoms with Crippen molar-refractivity contribution in [1.29, 1.82) is 0 Å². The lowest BCUT2D eigenvalue weighted by Gasteiger charge is -2.37. The van der Waals surface area contributed by atoms with Gasteiger partial charge in [0.05, 0.1) is 5.52 Å². The molecule has 0 radical (unpaired) electrons. The first kappa shape index (κ1) is 19.0. The number of nitrogens with one attached hydrogen (secondary N) is 2. The Hall–Kier alpha value is -3.35. The Morgan fingerprint density at radius 1 is 0.966 bits per heavy atom. The first-order chi connectivity index (χ1) is 14.3. The van der Waals surface area contributed by atoms with Crippen LogP contribution in [0.5, 0.6) is 0 Å². The van der Waals surface area contributed by atoms with Gasteiger partial charge in [0.15, 0.2) is 5.96 Å². The van der Waals surface area contributed by atoms with Crippen molar-refractivity contribution in [2.75, 3.05) is 56.5 Å². The number of nitrogens with zero attached hydrogens (tertiary/aromatic N) is 5. The first-order valence-electron chi connectivity index (χ1n) is 10.0. The summed E-state index contributed by atoms with van der Waals surface area (Å²) in [5.41, 5.74) is 1.01. The van der Waals surface area contributed by atoms with E-state index in [1.807, 2.05) is 49.6 Å². The Labute approximate surface area is 171 Å². The molecule has 0 bridgehead atoms. The van der Waals surface area contributed by atoms with Crippen molar-refractivity contribution in [3.05, 3.63) is 60.8 Å². The molecule has 7 heteroatoms. The van der Waals surface area contributed by atoms with E-state index in [0.717, 1.165) is 67.8 Å². The summed E-state index contributed by atoms with van der Waals surface area (Å²) in [5, 5.41) is 7.99. The van der Waals surface area contributed by atoms with Crippen molar-refractivity contribution in [2.24, 2.45) is 4.99 Å². The number of aliphatic imine (C=N–C) groups is 1. The molecule has 1 fully saturated rings. The van der Waals surface area contributed by atoms with Gasteiger partial charge in [-0.2, -0.15) is 0 Å². The molecule has 2 N–H and O–H groups in total. The highest BCUT2D eigenvalue weighted by Crippen LogP contribution is 2.14. The van der Waals surface area contributed by atoms with Crippen LogP contribution in [0.4, 0.5) is 11.6 Å². The van der Waals surface area contributed by atoms with Crippen molar-refractivity contribution in [2.45, 2.75) is 0 Å². The van der Waals surface area contributed by atoms with Crippen LogP contribution in [-0.2, 0) is 0 Å². The second-order valence-corrected chi connectivity index (χ2v) is 6.95. The van der Waals surface area contributed by atoms with Crippen LogP contribution in [0.15, 0.2) is 65.8 Å². The third kappa shape index (κ3) is 4.74. The number of anilines is 2. The lowest BCUT2D eigenvalue weighted by Crippen LogP contribution is -2.53. The molecule has 1 aliphatic heterocycles. The fraction of sp³-hybridized carbons (Fsp3) is 0.318. The maximum absolute atomic E-state index is 4.65. The Balaban J connectivity index is 1.23. The van der Waals surface area contributed by atoms with E-state index in [0.29, 0.717) is 0 Å². The van der Waals surface area contributed by atoms with E-state index in [2.05, 4.69) is 53.6 Å². The van der Waals surface area contributed by atoms with Crippen LogP contribution in [0.1, 0.15) is 0 Å². The highest BCUT2D eigenvalue weighted by Gasteiger charge is 2.20. The molecule has 1 aromatic carbocycles. The average Bonchev–Trinajstić information content (AvgIpc) is 2.80. The third-order valence-corrected chi connectivity index (χ3v) is 5.08. The number of hydrogen-bond acceptors (Lipinski definition) is 5. The molecule has 0 amide bonds. The number of hydrogen-bond donors (Lipinski definition) is 2. The summed E-state index contributed by atoms with van der Waals surface area (Å²) in [6.45, 7) is 5.29. The summed E-state index contributed by atoms with van der Waals surface area (Å²) in [6, 6.07) is 18.3.